The van der Waals surface area contributed by atoms with Gasteiger partial charge in [-0.3, -0.25) is 9.78 Å². The van der Waals surface area contributed by atoms with Crippen LogP contribution in [-0.2, 0) is 11.3 Å². The quantitative estimate of drug-likeness (QED) is 0.576. The monoisotopic (exact) mass is 355 g/mol. The lowest BCUT2D eigenvalue weighted by atomic mass is 10.1. The zero-order valence-corrected chi connectivity index (χ0v) is 14.8. The maximum absolute atomic E-state index is 12.0. The lowest BCUT2D eigenvalue weighted by Gasteiger charge is -2.24. The van der Waals surface area contributed by atoms with Crippen molar-refractivity contribution in [3.8, 4) is 5.75 Å². The molecule has 1 aliphatic heterocycles. The number of hydrazone groups is 1. The van der Waals surface area contributed by atoms with Gasteiger partial charge in [-0.05, 0) is 35.9 Å². The van der Waals surface area contributed by atoms with Crippen LogP contribution >= 0.6 is 0 Å². The fourth-order valence-electron chi connectivity index (χ4n) is 2.86. The van der Waals surface area contributed by atoms with Crippen molar-refractivity contribution in [2.45, 2.75) is 6.54 Å². The average Bonchev–Trinajstić information content (AvgIpc) is 2.69. The van der Waals surface area contributed by atoms with Gasteiger partial charge in [-0.2, -0.15) is 5.10 Å². The first-order valence-electron chi connectivity index (χ1n) is 8.58. The molecule has 0 saturated carbocycles. The van der Waals surface area contributed by atoms with Gasteiger partial charge in [0.25, 0.3) is 5.91 Å². The van der Waals surface area contributed by atoms with Crippen LogP contribution in [0.4, 0.5) is 0 Å². The number of benzene rings is 1. The smallest absolute Gasteiger partial charge is 0.271 e. The Bertz CT molecular complexity index is 759. The summed E-state index contributed by atoms with van der Waals surface area (Å²) in [5.74, 6) is 0.595. The number of morpholine rings is 1. The van der Waals surface area contributed by atoms with E-state index < -0.39 is 0 Å². The second kappa shape index (κ2) is 9.07. The van der Waals surface area contributed by atoms with E-state index in [0.29, 0.717) is 5.56 Å². The molecule has 0 spiro atoms. The van der Waals surface area contributed by atoms with E-state index in [9.17, 15) is 4.79 Å². The molecule has 0 unspecified atom stereocenters. The van der Waals surface area contributed by atoms with Gasteiger partial charge < -0.3 is 14.4 Å². The largest absolute Gasteiger partial charge is 0.496 e. The minimum atomic E-state index is -0.268. The van der Waals surface area contributed by atoms with E-state index in [0.717, 1.165) is 49.7 Å². The number of nitrogens with zero attached hydrogens (tertiary/aromatic N) is 2. The number of carbonyl (C=O) groups excluding carboxylic acids is 1. The first-order chi connectivity index (χ1) is 12.8. The van der Waals surface area contributed by atoms with Crippen LogP contribution in [0.1, 0.15) is 21.5 Å². The first kappa shape index (κ1) is 18.0. The fourth-order valence-corrected chi connectivity index (χ4v) is 2.86. The van der Waals surface area contributed by atoms with Crippen LogP contribution in [0.15, 0.2) is 47.8 Å². The van der Waals surface area contributed by atoms with Crippen molar-refractivity contribution in [3.05, 3.63) is 59.4 Å². The second-order valence-corrected chi connectivity index (χ2v) is 6.05. The Balaban J connectivity index is 1.65. The Hall–Kier alpha value is -2.77. The predicted octanol–water partition coefficient (Wildman–Crippen LogP) is 0.269. The van der Waals surface area contributed by atoms with Crippen molar-refractivity contribution in [1.29, 1.82) is 0 Å². The number of quaternary nitrogens is 1. The van der Waals surface area contributed by atoms with Crippen LogP contribution in [0, 0.1) is 0 Å². The molecule has 2 heterocycles. The normalized spacial score (nSPS) is 15.1. The maximum atomic E-state index is 12.0. The van der Waals surface area contributed by atoms with Crippen molar-refractivity contribution in [3.63, 3.8) is 0 Å². The van der Waals surface area contributed by atoms with Gasteiger partial charge in [0, 0.05) is 23.5 Å². The topological polar surface area (TPSA) is 77.2 Å². The first-order valence-corrected chi connectivity index (χ1v) is 8.58. The molecule has 1 aromatic carbocycles. The number of ether oxygens (including phenoxy) is 2. The Morgan fingerprint density at radius 1 is 1.31 bits per heavy atom. The summed E-state index contributed by atoms with van der Waals surface area (Å²) < 4.78 is 10.9. The summed E-state index contributed by atoms with van der Waals surface area (Å²) in [4.78, 5) is 17.3. The molecular formula is C19H23N4O3+. The van der Waals surface area contributed by atoms with Gasteiger partial charge in [-0.15, -0.1) is 0 Å². The average molecular weight is 355 g/mol. The number of pyridine rings is 1. The third-order valence-corrected chi connectivity index (χ3v) is 4.27. The molecule has 3 rings (SSSR count). The van der Waals surface area contributed by atoms with Gasteiger partial charge in [0.15, 0.2) is 0 Å². The highest BCUT2D eigenvalue weighted by molar-refractivity contribution is 5.94. The molecule has 0 atom stereocenters. The van der Waals surface area contributed by atoms with Crippen molar-refractivity contribution in [2.24, 2.45) is 5.10 Å². The third kappa shape index (κ3) is 4.87. The number of amides is 1. The number of nitrogens with one attached hydrogen (secondary N) is 2. The molecule has 1 aromatic heterocycles. The van der Waals surface area contributed by atoms with Gasteiger partial charge in [0.05, 0.1) is 26.5 Å². The van der Waals surface area contributed by atoms with E-state index in [1.807, 2.05) is 18.2 Å². The molecule has 7 nitrogen and oxygen atoms in total. The third-order valence-electron chi connectivity index (χ3n) is 4.27. The van der Waals surface area contributed by atoms with E-state index >= 15 is 0 Å². The zero-order chi connectivity index (χ0) is 18.2. The van der Waals surface area contributed by atoms with Gasteiger partial charge in [0.2, 0.25) is 0 Å². The summed E-state index contributed by atoms with van der Waals surface area (Å²) in [6.07, 6.45) is 4.78. The van der Waals surface area contributed by atoms with E-state index in [1.54, 1.807) is 37.9 Å². The fraction of sp³-hybridized carbons (Fsp3) is 0.316. The summed E-state index contributed by atoms with van der Waals surface area (Å²) in [7, 11) is 1.68. The molecule has 2 N–H and O–H groups in total. The molecule has 1 fully saturated rings. The molecule has 136 valence electrons. The van der Waals surface area contributed by atoms with Crippen LogP contribution in [0.2, 0.25) is 0 Å². The van der Waals surface area contributed by atoms with Crippen LogP contribution in [0.5, 0.6) is 5.75 Å². The maximum Gasteiger partial charge on any atom is 0.271 e. The minimum absolute atomic E-state index is 0.268. The Kier molecular flexibility index (Phi) is 6.29. The summed E-state index contributed by atoms with van der Waals surface area (Å²) in [5, 5.41) is 4.05. The minimum Gasteiger partial charge on any atom is -0.496 e. The number of hydrogen-bond donors (Lipinski definition) is 2. The molecular weight excluding hydrogens is 332 g/mol. The highest BCUT2D eigenvalue weighted by Crippen LogP contribution is 2.18. The Labute approximate surface area is 152 Å². The standard InChI is InChI=1S/C19H22N4O3/c1-25-18-3-2-15(12-17(18)14-23-8-10-26-11-9-23)13-21-22-19(24)16-4-6-20-7-5-16/h2-7,12-13H,8-11,14H2,1H3,(H,22,24)/p+1/b21-13-. The van der Waals surface area contributed by atoms with E-state index in [1.165, 1.54) is 4.90 Å². The van der Waals surface area contributed by atoms with Gasteiger partial charge >= 0.3 is 0 Å². The Morgan fingerprint density at radius 2 is 2.08 bits per heavy atom. The molecule has 0 bridgehead atoms. The second-order valence-electron chi connectivity index (χ2n) is 6.05. The van der Waals surface area contributed by atoms with Gasteiger partial charge in [0.1, 0.15) is 25.4 Å². The molecule has 0 aliphatic carbocycles. The summed E-state index contributed by atoms with van der Waals surface area (Å²) in [5.41, 5.74) is 5.07. The van der Waals surface area contributed by atoms with Crippen molar-refractivity contribution >= 4 is 12.1 Å². The van der Waals surface area contributed by atoms with Crippen LogP contribution < -0.4 is 15.1 Å². The molecule has 2 aromatic rings. The van der Waals surface area contributed by atoms with Crippen molar-refractivity contribution in [2.75, 3.05) is 33.4 Å². The number of hydrogen-bond acceptors (Lipinski definition) is 5. The van der Waals surface area contributed by atoms with E-state index in [4.69, 9.17) is 9.47 Å². The SMILES string of the molecule is COc1ccc(/C=N\NC(=O)c2ccncc2)cc1C[NH+]1CCOCC1. The highest BCUT2D eigenvalue weighted by Gasteiger charge is 2.16. The zero-order valence-electron chi connectivity index (χ0n) is 14.8. The molecule has 1 aliphatic rings. The number of aromatic nitrogens is 1. The summed E-state index contributed by atoms with van der Waals surface area (Å²) >= 11 is 0. The van der Waals surface area contributed by atoms with Gasteiger partial charge in [-0.25, -0.2) is 5.43 Å². The molecule has 26 heavy (non-hydrogen) atoms. The van der Waals surface area contributed by atoms with Crippen molar-refractivity contribution in [1.82, 2.24) is 10.4 Å². The van der Waals surface area contributed by atoms with Crippen LogP contribution in [0.3, 0.4) is 0 Å². The molecule has 1 saturated heterocycles. The molecule has 7 heteroatoms. The van der Waals surface area contributed by atoms with Crippen LogP contribution in [-0.4, -0.2) is 50.5 Å². The number of carbonyl (C=O) groups is 1. The molecule has 1 amide bonds. The lowest BCUT2D eigenvalue weighted by molar-refractivity contribution is -0.921. The predicted molar refractivity (Wildman–Crippen MR) is 97.5 cm³/mol. The van der Waals surface area contributed by atoms with Gasteiger partial charge in [-0.1, -0.05) is 0 Å². The Morgan fingerprint density at radius 3 is 2.81 bits per heavy atom. The van der Waals surface area contributed by atoms with E-state index in [2.05, 4.69) is 15.5 Å². The highest BCUT2D eigenvalue weighted by atomic mass is 16.5. The van der Waals surface area contributed by atoms with Crippen molar-refractivity contribution < 1.29 is 19.2 Å². The van der Waals surface area contributed by atoms with E-state index in [-0.39, 0.29) is 5.91 Å². The number of methoxy groups -OCH3 is 1. The number of rotatable bonds is 6. The lowest BCUT2D eigenvalue weighted by Crippen LogP contribution is -3.12. The summed E-state index contributed by atoms with van der Waals surface area (Å²) in [6, 6.07) is 9.17. The van der Waals surface area contributed by atoms with Crippen LogP contribution in [0.25, 0.3) is 0 Å². The summed E-state index contributed by atoms with van der Waals surface area (Å²) in [6.45, 7) is 4.43. The molecule has 0 radical (unpaired) electrons.